The molecular weight excluding hydrogens is 354 g/mol. The maximum Gasteiger partial charge on any atom is 0.414 e. The van der Waals surface area contributed by atoms with Crippen molar-refractivity contribution in [2.45, 2.75) is 12.6 Å². The van der Waals surface area contributed by atoms with Crippen LogP contribution >= 0.6 is 0 Å². The highest BCUT2D eigenvalue weighted by atomic mass is 16.6. The number of pyridine rings is 2. The van der Waals surface area contributed by atoms with Crippen LogP contribution in [0.4, 0.5) is 5.82 Å². The second-order valence-electron chi connectivity index (χ2n) is 5.82. The molecule has 0 bridgehead atoms. The van der Waals surface area contributed by atoms with E-state index < -0.39 is 4.92 Å². The van der Waals surface area contributed by atoms with Gasteiger partial charge in [-0.25, -0.2) is 9.97 Å². The maximum absolute atomic E-state index is 10.8. The summed E-state index contributed by atoms with van der Waals surface area (Å²) in [5, 5.41) is 10.8. The lowest BCUT2D eigenvalue weighted by Gasteiger charge is -2.22. The lowest BCUT2D eigenvalue weighted by Crippen LogP contribution is -2.34. The second kappa shape index (κ2) is 6.90. The molecule has 0 saturated carbocycles. The lowest BCUT2D eigenvalue weighted by atomic mass is 10.1. The highest BCUT2D eigenvalue weighted by Crippen LogP contribution is 2.25. The topological polar surface area (TPSA) is 114 Å². The van der Waals surface area contributed by atoms with Gasteiger partial charge in [0.25, 0.3) is 0 Å². The lowest BCUT2D eigenvalue weighted by molar-refractivity contribution is -0.389. The van der Waals surface area contributed by atoms with E-state index >= 15 is 0 Å². The molecular formula is C17H15N5O5. The summed E-state index contributed by atoms with van der Waals surface area (Å²) in [4.78, 5) is 22.5. The van der Waals surface area contributed by atoms with Crippen molar-refractivity contribution in [1.29, 1.82) is 0 Å². The average molecular weight is 369 g/mol. The molecule has 27 heavy (non-hydrogen) atoms. The molecule has 3 aromatic heterocycles. The van der Waals surface area contributed by atoms with Crippen LogP contribution in [0, 0.1) is 10.1 Å². The molecule has 10 heteroatoms. The van der Waals surface area contributed by atoms with Crippen LogP contribution in [0.5, 0.6) is 17.8 Å². The van der Waals surface area contributed by atoms with Crippen LogP contribution in [-0.2, 0) is 6.54 Å². The predicted molar refractivity (Wildman–Crippen MR) is 92.8 cm³/mol. The molecule has 4 heterocycles. The van der Waals surface area contributed by atoms with E-state index in [1.807, 2.05) is 12.1 Å². The van der Waals surface area contributed by atoms with Gasteiger partial charge < -0.3 is 24.3 Å². The summed E-state index contributed by atoms with van der Waals surface area (Å²) in [5.74, 6) is 0.733. The number of nitro groups is 1. The van der Waals surface area contributed by atoms with E-state index in [0.29, 0.717) is 18.3 Å². The molecule has 4 rings (SSSR count). The molecule has 1 atom stereocenters. The Labute approximate surface area is 153 Å². The van der Waals surface area contributed by atoms with Crippen molar-refractivity contribution in [2.75, 3.05) is 13.7 Å². The molecule has 0 saturated heterocycles. The highest BCUT2D eigenvalue weighted by molar-refractivity contribution is 5.61. The molecule has 3 aromatic rings. The van der Waals surface area contributed by atoms with E-state index in [4.69, 9.17) is 14.2 Å². The van der Waals surface area contributed by atoms with Crippen LogP contribution in [0.15, 0.2) is 42.9 Å². The van der Waals surface area contributed by atoms with Crippen LogP contribution in [0.2, 0.25) is 0 Å². The molecule has 1 aliphatic rings. The van der Waals surface area contributed by atoms with Gasteiger partial charge in [-0.3, -0.25) is 4.57 Å². The van der Waals surface area contributed by atoms with Crippen molar-refractivity contribution < 1.29 is 19.1 Å². The summed E-state index contributed by atoms with van der Waals surface area (Å²) >= 11 is 0. The minimum atomic E-state index is -0.557. The van der Waals surface area contributed by atoms with Gasteiger partial charge in [0, 0.05) is 40.6 Å². The van der Waals surface area contributed by atoms with Gasteiger partial charge in [-0.15, -0.1) is 0 Å². The fraction of sp³-hybridized carbons (Fsp3) is 0.235. The number of rotatable bonds is 5. The zero-order chi connectivity index (χ0) is 18.8. The average Bonchev–Trinajstić information content (AvgIpc) is 3.12. The Bertz CT molecular complexity index is 955. The number of methoxy groups -OCH3 is 1. The monoisotopic (exact) mass is 369 g/mol. The van der Waals surface area contributed by atoms with Crippen LogP contribution in [-0.4, -0.2) is 44.3 Å². The quantitative estimate of drug-likeness (QED) is 0.496. The highest BCUT2D eigenvalue weighted by Gasteiger charge is 2.29. The van der Waals surface area contributed by atoms with Crippen LogP contribution in [0.3, 0.4) is 0 Å². The third-order valence-electron chi connectivity index (χ3n) is 4.02. The van der Waals surface area contributed by atoms with Crippen molar-refractivity contribution in [1.82, 2.24) is 19.5 Å². The Morgan fingerprint density at radius 1 is 1.19 bits per heavy atom. The van der Waals surface area contributed by atoms with Crippen LogP contribution in [0.25, 0.3) is 11.1 Å². The summed E-state index contributed by atoms with van der Waals surface area (Å²) in [6, 6.07) is 7.53. The molecule has 0 aliphatic carbocycles. The summed E-state index contributed by atoms with van der Waals surface area (Å²) < 4.78 is 17.9. The number of fused-ring (bicyclic) bond motifs is 1. The van der Waals surface area contributed by atoms with Crippen molar-refractivity contribution in [3.8, 4) is 28.9 Å². The minimum absolute atomic E-state index is 0.219. The van der Waals surface area contributed by atoms with E-state index in [-0.39, 0.29) is 24.5 Å². The number of hydrogen-bond acceptors (Lipinski definition) is 8. The largest absolute Gasteiger partial charge is 0.481 e. The van der Waals surface area contributed by atoms with E-state index in [9.17, 15) is 10.1 Å². The number of imidazole rings is 1. The number of ether oxygens (including phenoxy) is 3. The number of aromatic nitrogens is 4. The number of hydrogen-bond donors (Lipinski definition) is 0. The Hall–Kier alpha value is -3.69. The first kappa shape index (κ1) is 16.8. The first-order valence-electron chi connectivity index (χ1n) is 8.10. The van der Waals surface area contributed by atoms with E-state index in [0.717, 1.165) is 11.1 Å². The second-order valence-corrected chi connectivity index (χ2v) is 5.82. The molecule has 0 radical (unpaired) electrons. The Morgan fingerprint density at radius 3 is 2.48 bits per heavy atom. The summed E-state index contributed by atoms with van der Waals surface area (Å²) in [7, 11) is 1.57. The van der Waals surface area contributed by atoms with Gasteiger partial charge in [0.05, 0.1) is 13.7 Å². The third-order valence-corrected chi connectivity index (χ3v) is 4.02. The fourth-order valence-electron chi connectivity index (χ4n) is 2.69. The molecule has 0 aromatic carbocycles. The van der Waals surface area contributed by atoms with Crippen LogP contribution < -0.4 is 14.2 Å². The molecule has 0 fully saturated rings. The zero-order valence-electron chi connectivity index (χ0n) is 14.3. The first-order valence-corrected chi connectivity index (χ1v) is 8.10. The van der Waals surface area contributed by atoms with E-state index in [2.05, 4.69) is 15.0 Å². The third kappa shape index (κ3) is 3.50. The van der Waals surface area contributed by atoms with Gasteiger partial charge in [0.2, 0.25) is 11.8 Å². The SMILES string of the molecule is COc1ccc(-c2ccc(O[C@@H]3COc4nc([N+](=O)[O-])cn4C3)nc2)cn1. The Morgan fingerprint density at radius 2 is 1.89 bits per heavy atom. The van der Waals surface area contributed by atoms with Crippen molar-refractivity contribution in [2.24, 2.45) is 0 Å². The predicted octanol–water partition coefficient (Wildman–Crippen LogP) is 2.10. The van der Waals surface area contributed by atoms with E-state index in [1.165, 1.54) is 6.20 Å². The summed E-state index contributed by atoms with van der Waals surface area (Å²) in [6.07, 6.45) is 4.40. The molecule has 10 nitrogen and oxygen atoms in total. The van der Waals surface area contributed by atoms with E-state index in [1.54, 1.807) is 36.2 Å². The first-order chi connectivity index (χ1) is 13.1. The standard InChI is InChI=1S/C17H15N5O5/c1-25-15-4-2-11(6-18-15)12-3-5-16(19-7-12)27-13-8-21-9-14(22(23)24)20-17(21)26-10-13/h2-7,9,13H,8,10H2,1H3/t13-/m0/s1. The molecule has 0 spiro atoms. The van der Waals surface area contributed by atoms with Crippen molar-refractivity contribution >= 4 is 5.82 Å². The molecule has 0 unspecified atom stereocenters. The maximum atomic E-state index is 10.8. The summed E-state index contributed by atoms with van der Waals surface area (Å²) in [5.41, 5.74) is 1.80. The Balaban J connectivity index is 1.43. The van der Waals surface area contributed by atoms with Crippen molar-refractivity contribution in [3.05, 3.63) is 53.0 Å². The van der Waals surface area contributed by atoms with Gasteiger partial charge in [0.1, 0.15) is 12.8 Å². The fourth-order valence-corrected chi connectivity index (χ4v) is 2.69. The smallest absolute Gasteiger partial charge is 0.414 e. The minimum Gasteiger partial charge on any atom is -0.481 e. The van der Waals surface area contributed by atoms with Gasteiger partial charge in [-0.1, -0.05) is 0 Å². The van der Waals surface area contributed by atoms with Gasteiger partial charge in [-0.05, 0) is 17.1 Å². The van der Waals surface area contributed by atoms with Crippen LogP contribution in [0.1, 0.15) is 0 Å². The number of nitrogens with zero attached hydrogens (tertiary/aromatic N) is 5. The molecule has 0 amide bonds. The Kier molecular flexibility index (Phi) is 4.29. The molecule has 1 aliphatic heterocycles. The zero-order valence-corrected chi connectivity index (χ0v) is 14.3. The van der Waals surface area contributed by atoms with Gasteiger partial charge in [-0.2, -0.15) is 0 Å². The van der Waals surface area contributed by atoms with Gasteiger partial charge in [0.15, 0.2) is 6.10 Å². The molecule has 0 N–H and O–H groups in total. The van der Waals surface area contributed by atoms with Crippen molar-refractivity contribution in [3.63, 3.8) is 0 Å². The van der Waals surface area contributed by atoms with Gasteiger partial charge >= 0.3 is 11.8 Å². The summed E-state index contributed by atoms with van der Waals surface area (Å²) in [6.45, 7) is 0.627. The normalized spacial score (nSPS) is 15.5. The molecule has 138 valence electrons.